The predicted octanol–water partition coefficient (Wildman–Crippen LogP) is 0.105. The van der Waals surface area contributed by atoms with Gasteiger partial charge in [0.2, 0.25) is 0 Å². The van der Waals surface area contributed by atoms with E-state index in [1.807, 2.05) is 13.8 Å². The fourth-order valence-corrected chi connectivity index (χ4v) is 1.14. The highest BCUT2D eigenvalue weighted by molar-refractivity contribution is 5.03. The van der Waals surface area contributed by atoms with E-state index in [0.29, 0.717) is 5.92 Å². The second-order valence-corrected chi connectivity index (χ2v) is 3.03. The molecule has 0 aromatic carbocycles. The van der Waals surface area contributed by atoms with E-state index in [1.165, 1.54) is 0 Å². The maximum atomic E-state index is 9.18. The van der Waals surface area contributed by atoms with Crippen LogP contribution in [0.15, 0.2) is 0 Å². The Morgan fingerprint density at radius 2 is 2.25 bits per heavy atom. The highest BCUT2D eigenvalue weighted by atomic mass is 16.3. The quantitative estimate of drug-likeness (QED) is 0.509. The van der Waals surface area contributed by atoms with Gasteiger partial charge in [0.1, 0.15) is 0 Å². The lowest BCUT2D eigenvalue weighted by molar-refractivity contribution is 0.147. The molecule has 2 heteroatoms. The Morgan fingerprint density at radius 1 is 1.88 bits per heavy atom. The zero-order chi connectivity index (χ0) is 6.36. The Kier molecular flexibility index (Phi) is 1.10. The first kappa shape index (κ1) is 6.05. The molecular formula is C6H13NO. The molecule has 8 heavy (non-hydrogen) atoms. The number of rotatable bonds is 1. The Balaban J connectivity index is 2.37. The lowest BCUT2D eigenvalue weighted by atomic mass is 10.2. The third-order valence-corrected chi connectivity index (χ3v) is 1.91. The summed E-state index contributed by atoms with van der Waals surface area (Å²) in [6, 6.07) is 0.157. The Labute approximate surface area is 49.7 Å². The van der Waals surface area contributed by atoms with Crippen molar-refractivity contribution < 1.29 is 5.11 Å². The van der Waals surface area contributed by atoms with Crippen LogP contribution in [0.3, 0.4) is 0 Å². The first-order valence-electron chi connectivity index (χ1n) is 3.02. The van der Waals surface area contributed by atoms with Gasteiger partial charge in [-0.15, -0.1) is 0 Å². The van der Waals surface area contributed by atoms with Crippen LogP contribution in [0.4, 0.5) is 0 Å². The van der Waals surface area contributed by atoms with Crippen molar-refractivity contribution in [1.29, 1.82) is 0 Å². The average Bonchev–Trinajstić information content (AvgIpc) is 2.13. The zero-order valence-corrected chi connectivity index (χ0v) is 5.39. The van der Waals surface area contributed by atoms with Crippen molar-refractivity contribution in [3.63, 3.8) is 0 Å². The van der Waals surface area contributed by atoms with E-state index in [4.69, 9.17) is 5.73 Å². The van der Waals surface area contributed by atoms with Crippen molar-refractivity contribution in [1.82, 2.24) is 0 Å². The molecule has 0 aromatic rings. The molecule has 1 fully saturated rings. The second-order valence-electron chi connectivity index (χ2n) is 3.03. The molecule has 1 aliphatic rings. The summed E-state index contributed by atoms with van der Waals surface area (Å²) in [5, 5.41) is 9.18. The number of hydrogen-bond donors (Lipinski definition) is 2. The highest BCUT2D eigenvalue weighted by Crippen LogP contribution is 2.44. The summed E-state index contributed by atoms with van der Waals surface area (Å²) >= 11 is 0. The molecule has 0 aliphatic heterocycles. The second kappa shape index (κ2) is 1.45. The van der Waals surface area contributed by atoms with Crippen LogP contribution in [0.5, 0.6) is 0 Å². The fourth-order valence-electron chi connectivity index (χ4n) is 1.14. The molecule has 48 valence electrons. The molecule has 1 aliphatic carbocycles. The molecule has 1 saturated carbocycles. The van der Waals surface area contributed by atoms with Crippen LogP contribution in [0.2, 0.25) is 0 Å². The average molecular weight is 115 g/mol. The maximum Gasteiger partial charge on any atom is 0.0667 e. The summed E-state index contributed by atoms with van der Waals surface area (Å²) < 4.78 is 0. The number of aliphatic hydroxyl groups is 1. The van der Waals surface area contributed by atoms with E-state index in [9.17, 15) is 5.11 Å². The molecule has 3 N–H and O–H groups in total. The Hall–Kier alpha value is -0.0800. The first-order chi connectivity index (χ1) is 3.54. The maximum absolute atomic E-state index is 9.18. The summed E-state index contributed by atoms with van der Waals surface area (Å²) in [5.74, 6) is 0.350. The van der Waals surface area contributed by atoms with Crippen LogP contribution in [0, 0.1) is 5.92 Å². The monoisotopic (exact) mass is 115 g/mol. The lowest BCUT2D eigenvalue weighted by Gasteiger charge is -2.04. The van der Waals surface area contributed by atoms with Gasteiger partial charge in [0.15, 0.2) is 0 Å². The van der Waals surface area contributed by atoms with Crippen molar-refractivity contribution in [3.8, 4) is 0 Å². The molecule has 0 aromatic heterocycles. The molecule has 0 unspecified atom stereocenters. The van der Waals surface area contributed by atoms with Crippen molar-refractivity contribution in [3.05, 3.63) is 0 Å². The molecule has 0 heterocycles. The van der Waals surface area contributed by atoms with Crippen LogP contribution in [0.25, 0.3) is 0 Å². The van der Waals surface area contributed by atoms with Crippen molar-refractivity contribution >= 4 is 0 Å². The van der Waals surface area contributed by atoms with E-state index in [0.717, 1.165) is 6.42 Å². The van der Waals surface area contributed by atoms with Crippen molar-refractivity contribution in [2.24, 2.45) is 11.7 Å². The van der Waals surface area contributed by atoms with Gasteiger partial charge in [-0.25, -0.2) is 0 Å². The minimum atomic E-state index is -0.436. The van der Waals surface area contributed by atoms with Gasteiger partial charge < -0.3 is 10.8 Å². The Morgan fingerprint density at radius 3 is 2.25 bits per heavy atom. The first-order valence-corrected chi connectivity index (χ1v) is 3.02. The molecule has 0 radical (unpaired) electrons. The lowest BCUT2D eigenvalue weighted by Crippen LogP contribution is -2.22. The molecular weight excluding hydrogens is 102 g/mol. The van der Waals surface area contributed by atoms with Gasteiger partial charge >= 0.3 is 0 Å². The van der Waals surface area contributed by atoms with Gasteiger partial charge in [0.05, 0.1) is 5.60 Å². The molecule has 0 saturated heterocycles. The van der Waals surface area contributed by atoms with Gasteiger partial charge in [0.25, 0.3) is 0 Å². The number of nitrogens with two attached hydrogens (primary N) is 1. The van der Waals surface area contributed by atoms with E-state index in [2.05, 4.69) is 0 Å². The van der Waals surface area contributed by atoms with E-state index in [-0.39, 0.29) is 6.04 Å². The molecule has 0 bridgehead atoms. The smallest absolute Gasteiger partial charge is 0.0667 e. The molecule has 2 nitrogen and oxygen atoms in total. The van der Waals surface area contributed by atoms with Crippen LogP contribution in [-0.2, 0) is 0 Å². The van der Waals surface area contributed by atoms with Crippen LogP contribution in [-0.4, -0.2) is 16.7 Å². The van der Waals surface area contributed by atoms with Gasteiger partial charge in [-0.3, -0.25) is 0 Å². The van der Waals surface area contributed by atoms with Crippen LogP contribution < -0.4 is 5.73 Å². The van der Waals surface area contributed by atoms with Crippen LogP contribution in [0.1, 0.15) is 20.3 Å². The third kappa shape index (κ3) is 0.858. The minimum absolute atomic E-state index is 0.157. The largest absolute Gasteiger partial charge is 0.390 e. The standard InChI is InChI=1S/C6H13NO/c1-4(7)5-3-6(5,2)8/h4-5,8H,3,7H2,1-2H3/t4-,5+,6+/m1/s1. The van der Waals surface area contributed by atoms with Crippen molar-refractivity contribution in [2.75, 3.05) is 0 Å². The third-order valence-electron chi connectivity index (χ3n) is 1.91. The fraction of sp³-hybridized carbons (Fsp3) is 1.00. The van der Waals surface area contributed by atoms with E-state index in [1.54, 1.807) is 0 Å². The summed E-state index contributed by atoms with van der Waals surface area (Å²) in [6.07, 6.45) is 0.880. The van der Waals surface area contributed by atoms with Gasteiger partial charge in [-0.2, -0.15) is 0 Å². The summed E-state index contributed by atoms with van der Waals surface area (Å²) in [6.45, 7) is 3.77. The topological polar surface area (TPSA) is 46.2 Å². The summed E-state index contributed by atoms with van der Waals surface area (Å²) in [7, 11) is 0. The molecule has 1 rings (SSSR count). The molecule has 3 atom stereocenters. The zero-order valence-electron chi connectivity index (χ0n) is 5.39. The van der Waals surface area contributed by atoms with Gasteiger partial charge in [-0.1, -0.05) is 0 Å². The predicted molar refractivity (Wildman–Crippen MR) is 32.4 cm³/mol. The highest BCUT2D eigenvalue weighted by Gasteiger charge is 2.50. The van der Waals surface area contributed by atoms with Gasteiger partial charge in [-0.05, 0) is 20.3 Å². The summed E-state index contributed by atoms with van der Waals surface area (Å²) in [4.78, 5) is 0. The molecule has 0 amide bonds. The van der Waals surface area contributed by atoms with Gasteiger partial charge in [0, 0.05) is 12.0 Å². The summed E-state index contributed by atoms with van der Waals surface area (Å²) in [5.41, 5.74) is 5.08. The van der Waals surface area contributed by atoms with E-state index >= 15 is 0 Å². The van der Waals surface area contributed by atoms with Crippen molar-refractivity contribution in [2.45, 2.75) is 31.9 Å². The number of hydrogen-bond acceptors (Lipinski definition) is 2. The van der Waals surface area contributed by atoms with Crippen LogP contribution >= 0.6 is 0 Å². The SMILES string of the molecule is C[C@@H](N)[C@@H]1C[C@]1(C)O. The molecule has 0 spiro atoms. The Bertz CT molecular complexity index is 98.7. The minimum Gasteiger partial charge on any atom is -0.390 e. The van der Waals surface area contributed by atoms with E-state index < -0.39 is 5.60 Å². The normalized spacial score (nSPS) is 48.8.